The molecule has 0 heterocycles. The second kappa shape index (κ2) is 7.93. The molecule has 0 aliphatic rings. The molecular formula is C14H22N2OS. The molecule has 0 aromatic heterocycles. The summed E-state index contributed by atoms with van der Waals surface area (Å²) in [6.45, 7) is 8.55. The summed E-state index contributed by atoms with van der Waals surface area (Å²) in [4.78, 5) is 0. The van der Waals surface area contributed by atoms with Gasteiger partial charge in [-0.3, -0.25) is 0 Å². The van der Waals surface area contributed by atoms with Gasteiger partial charge in [-0.15, -0.1) is 0 Å². The van der Waals surface area contributed by atoms with Crippen LogP contribution in [0.1, 0.15) is 19.4 Å². The fourth-order valence-electron chi connectivity index (χ4n) is 1.40. The molecule has 0 spiro atoms. The van der Waals surface area contributed by atoms with Crippen molar-refractivity contribution >= 4 is 17.3 Å². The number of nitrogens with one attached hydrogen (secondary N) is 2. The van der Waals surface area contributed by atoms with E-state index >= 15 is 0 Å². The van der Waals surface area contributed by atoms with E-state index in [1.165, 1.54) is 5.56 Å². The topological polar surface area (TPSA) is 33.3 Å². The normalized spacial score (nSPS) is 10.2. The van der Waals surface area contributed by atoms with E-state index in [1.807, 2.05) is 18.2 Å². The molecule has 100 valence electrons. The fraction of sp³-hybridized carbons (Fsp3) is 0.500. The van der Waals surface area contributed by atoms with Crippen molar-refractivity contribution in [3.8, 4) is 5.75 Å². The molecule has 0 aliphatic heterocycles. The van der Waals surface area contributed by atoms with Crippen LogP contribution in [0.4, 0.5) is 0 Å². The highest BCUT2D eigenvalue weighted by Gasteiger charge is 1.98. The Morgan fingerprint density at radius 2 is 2.11 bits per heavy atom. The standard InChI is InChI=1S/C14H22N2OS/c1-11(2)10-16-14(18)15-7-8-17-13-6-4-5-12(3)9-13/h4-6,9,11H,7-8,10H2,1-3H3,(H2,15,16,18). The maximum Gasteiger partial charge on any atom is 0.166 e. The number of ether oxygens (including phenoxy) is 1. The smallest absolute Gasteiger partial charge is 0.166 e. The van der Waals surface area contributed by atoms with Crippen molar-refractivity contribution in [3.05, 3.63) is 29.8 Å². The van der Waals surface area contributed by atoms with E-state index in [2.05, 4.69) is 37.5 Å². The maximum absolute atomic E-state index is 5.61. The lowest BCUT2D eigenvalue weighted by Crippen LogP contribution is -2.39. The van der Waals surface area contributed by atoms with E-state index in [9.17, 15) is 0 Å². The van der Waals surface area contributed by atoms with Gasteiger partial charge in [-0.25, -0.2) is 0 Å². The van der Waals surface area contributed by atoms with Crippen molar-refractivity contribution in [2.45, 2.75) is 20.8 Å². The van der Waals surface area contributed by atoms with Crippen LogP contribution in [-0.4, -0.2) is 24.8 Å². The molecule has 1 aromatic carbocycles. The molecule has 3 nitrogen and oxygen atoms in total. The van der Waals surface area contributed by atoms with Crippen LogP contribution < -0.4 is 15.4 Å². The van der Waals surface area contributed by atoms with E-state index < -0.39 is 0 Å². The van der Waals surface area contributed by atoms with Crippen LogP contribution in [0.5, 0.6) is 5.75 Å². The molecule has 0 radical (unpaired) electrons. The second-order valence-electron chi connectivity index (χ2n) is 4.70. The highest BCUT2D eigenvalue weighted by atomic mass is 32.1. The summed E-state index contributed by atoms with van der Waals surface area (Å²) in [5, 5.41) is 6.96. The van der Waals surface area contributed by atoms with Gasteiger partial charge in [0, 0.05) is 6.54 Å². The van der Waals surface area contributed by atoms with Gasteiger partial charge in [0.1, 0.15) is 12.4 Å². The van der Waals surface area contributed by atoms with Gasteiger partial charge in [0.05, 0.1) is 6.54 Å². The Balaban J connectivity index is 2.13. The largest absolute Gasteiger partial charge is 0.492 e. The maximum atomic E-state index is 5.61. The highest BCUT2D eigenvalue weighted by molar-refractivity contribution is 7.80. The molecule has 1 aromatic rings. The van der Waals surface area contributed by atoms with Crippen molar-refractivity contribution in [2.75, 3.05) is 19.7 Å². The summed E-state index contributed by atoms with van der Waals surface area (Å²) in [7, 11) is 0. The Labute approximate surface area is 115 Å². The van der Waals surface area contributed by atoms with Crippen molar-refractivity contribution in [3.63, 3.8) is 0 Å². The van der Waals surface area contributed by atoms with Gasteiger partial charge in [0.15, 0.2) is 5.11 Å². The first kappa shape index (κ1) is 14.8. The quantitative estimate of drug-likeness (QED) is 0.612. The molecule has 0 amide bonds. The zero-order chi connectivity index (χ0) is 13.4. The summed E-state index contributed by atoms with van der Waals surface area (Å²) < 4.78 is 5.61. The molecule has 0 aliphatic carbocycles. The number of benzene rings is 1. The minimum atomic E-state index is 0.591. The van der Waals surface area contributed by atoms with Gasteiger partial charge >= 0.3 is 0 Å². The summed E-state index contributed by atoms with van der Waals surface area (Å²) >= 11 is 5.15. The lowest BCUT2D eigenvalue weighted by Gasteiger charge is -2.12. The summed E-state index contributed by atoms with van der Waals surface area (Å²) in [5.41, 5.74) is 1.20. The average molecular weight is 266 g/mol. The SMILES string of the molecule is Cc1cccc(OCCNC(=S)NCC(C)C)c1. The third-order valence-electron chi connectivity index (χ3n) is 2.32. The van der Waals surface area contributed by atoms with Crippen molar-refractivity contribution in [1.82, 2.24) is 10.6 Å². The third kappa shape index (κ3) is 6.45. The summed E-state index contributed by atoms with van der Waals surface area (Å²) in [5.74, 6) is 1.49. The summed E-state index contributed by atoms with van der Waals surface area (Å²) in [6.07, 6.45) is 0. The second-order valence-corrected chi connectivity index (χ2v) is 5.10. The van der Waals surface area contributed by atoms with Gasteiger partial charge in [0.25, 0.3) is 0 Å². The molecule has 0 unspecified atom stereocenters. The number of aryl methyl sites for hydroxylation is 1. The van der Waals surface area contributed by atoms with Crippen LogP contribution in [-0.2, 0) is 0 Å². The van der Waals surface area contributed by atoms with Crippen LogP contribution in [0.25, 0.3) is 0 Å². The predicted molar refractivity (Wildman–Crippen MR) is 80.1 cm³/mol. The van der Waals surface area contributed by atoms with Gasteiger partial charge in [-0.05, 0) is 42.8 Å². The zero-order valence-electron chi connectivity index (χ0n) is 11.3. The monoisotopic (exact) mass is 266 g/mol. The molecule has 0 fully saturated rings. The molecule has 1 rings (SSSR count). The van der Waals surface area contributed by atoms with Crippen LogP contribution in [0.2, 0.25) is 0 Å². The lowest BCUT2D eigenvalue weighted by molar-refractivity contribution is 0.322. The Morgan fingerprint density at radius 1 is 1.33 bits per heavy atom. The Morgan fingerprint density at radius 3 is 2.78 bits per heavy atom. The van der Waals surface area contributed by atoms with Crippen LogP contribution in [0.15, 0.2) is 24.3 Å². The van der Waals surface area contributed by atoms with E-state index in [4.69, 9.17) is 17.0 Å². The molecule has 18 heavy (non-hydrogen) atoms. The third-order valence-corrected chi connectivity index (χ3v) is 2.61. The molecule has 0 atom stereocenters. The first-order valence-electron chi connectivity index (χ1n) is 6.29. The van der Waals surface area contributed by atoms with Crippen molar-refractivity contribution in [1.29, 1.82) is 0 Å². The van der Waals surface area contributed by atoms with Gasteiger partial charge in [0.2, 0.25) is 0 Å². The minimum Gasteiger partial charge on any atom is -0.492 e. The molecule has 2 N–H and O–H groups in total. The van der Waals surface area contributed by atoms with E-state index in [1.54, 1.807) is 0 Å². The Bertz CT molecular complexity index is 380. The Kier molecular flexibility index (Phi) is 6.50. The number of hydrogen-bond acceptors (Lipinski definition) is 2. The molecule has 0 saturated carbocycles. The van der Waals surface area contributed by atoms with Gasteiger partial charge in [-0.1, -0.05) is 26.0 Å². The minimum absolute atomic E-state index is 0.591. The van der Waals surface area contributed by atoms with Gasteiger partial charge in [-0.2, -0.15) is 0 Å². The zero-order valence-corrected chi connectivity index (χ0v) is 12.1. The fourth-order valence-corrected chi connectivity index (χ4v) is 1.58. The lowest BCUT2D eigenvalue weighted by atomic mass is 10.2. The van der Waals surface area contributed by atoms with E-state index in [0.717, 1.165) is 12.3 Å². The number of hydrogen-bond donors (Lipinski definition) is 2. The van der Waals surface area contributed by atoms with Crippen LogP contribution in [0.3, 0.4) is 0 Å². The predicted octanol–water partition coefficient (Wildman–Crippen LogP) is 2.49. The van der Waals surface area contributed by atoms with Crippen molar-refractivity contribution in [2.24, 2.45) is 5.92 Å². The number of thiocarbonyl (C=S) groups is 1. The average Bonchev–Trinajstić information content (AvgIpc) is 2.32. The first-order valence-corrected chi connectivity index (χ1v) is 6.70. The highest BCUT2D eigenvalue weighted by Crippen LogP contribution is 2.11. The molecule has 0 bridgehead atoms. The van der Waals surface area contributed by atoms with Crippen LogP contribution in [0, 0.1) is 12.8 Å². The Hall–Kier alpha value is -1.29. The number of rotatable bonds is 6. The first-order chi connectivity index (χ1) is 8.58. The van der Waals surface area contributed by atoms with Crippen molar-refractivity contribution < 1.29 is 4.74 Å². The molecule has 0 saturated heterocycles. The van der Waals surface area contributed by atoms with Crippen LogP contribution >= 0.6 is 12.2 Å². The summed E-state index contributed by atoms with van der Waals surface area (Å²) in [6, 6.07) is 8.03. The molecule has 4 heteroatoms. The van der Waals surface area contributed by atoms with Gasteiger partial charge < -0.3 is 15.4 Å². The van der Waals surface area contributed by atoms with E-state index in [-0.39, 0.29) is 0 Å². The van der Waals surface area contributed by atoms with E-state index in [0.29, 0.717) is 24.2 Å². The molecular weight excluding hydrogens is 244 g/mol.